The summed E-state index contributed by atoms with van der Waals surface area (Å²) in [6, 6.07) is 6.83. The second-order valence-corrected chi connectivity index (χ2v) is 8.00. The van der Waals surface area contributed by atoms with Gasteiger partial charge in [-0.2, -0.15) is 0 Å². The Morgan fingerprint density at radius 3 is 2.81 bits per heavy atom. The Morgan fingerprint density at radius 2 is 2.14 bits per heavy atom. The molecule has 116 valence electrons. The van der Waals surface area contributed by atoms with Crippen molar-refractivity contribution in [3.05, 3.63) is 32.4 Å². The van der Waals surface area contributed by atoms with Crippen molar-refractivity contribution in [2.24, 2.45) is 5.92 Å². The molecule has 1 aliphatic carbocycles. The summed E-state index contributed by atoms with van der Waals surface area (Å²) in [6.45, 7) is 0.904. The summed E-state index contributed by atoms with van der Waals surface area (Å²) in [5.41, 5.74) is 1.48. The lowest BCUT2D eigenvalue weighted by Crippen LogP contribution is -2.41. The van der Waals surface area contributed by atoms with E-state index in [-0.39, 0.29) is 5.60 Å². The zero-order chi connectivity index (χ0) is 14.9. The Labute approximate surface area is 146 Å². The highest BCUT2D eigenvalue weighted by molar-refractivity contribution is 14.1. The highest BCUT2D eigenvalue weighted by Gasteiger charge is 2.42. The number of nitrogens with one attached hydrogen (secondary N) is 1. The van der Waals surface area contributed by atoms with Gasteiger partial charge in [0.2, 0.25) is 0 Å². The summed E-state index contributed by atoms with van der Waals surface area (Å²) in [7, 11) is 2.06. The molecular formula is C17H23ClINO. The molecule has 2 atom stereocenters. The number of benzene rings is 1. The third-order valence-electron chi connectivity index (χ3n) is 5.13. The van der Waals surface area contributed by atoms with E-state index in [1.807, 2.05) is 0 Å². The maximum atomic E-state index is 6.31. The molecule has 0 aromatic heterocycles. The van der Waals surface area contributed by atoms with Crippen molar-refractivity contribution in [3.8, 4) is 0 Å². The Morgan fingerprint density at radius 1 is 1.38 bits per heavy atom. The van der Waals surface area contributed by atoms with Crippen LogP contribution in [0.4, 0.5) is 0 Å². The fourth-order valence-corrected chi connectivity index (χ4v) is 4.62. The van der Waals surface area contributed by atoms with E-state index < -0.39 is 0 Å². The van der Waals surface area contributed by atoms with Crippen molar-refractivity contribution >= 4 is 34.2 Å². The third kappa shape index (κ3) is 3.41. The van der Waals surface area contributed by atoms with Gasteiger partial charge < -0.3 is 10.1 Å². The van der Waals surface area contributed by atoms with Gasteiger partial charge in [0, 0.05) is 16.2 Å². The summed E-state index contributed by atoms with van der Waals surface area (Å²) in [5.74, 6) is 0.637. The zero-order valence-electron chi connectivity index (χ0n) is 12.5. The molecule has 1 heterocycles. The fraction of sp³-hybridized carbons (Fsp3) is 0.647. The highest BCUT2D eigenvalue weighted by atomic mass is 127. The monoisotopic (exact) mass is 419 g/mol. The Bertz CT molecular complexity index is 502. The number of halogens is 2. The van der Waals surface area contributed by atoms with Gasteiger partial charge in [-0.3, -0.25) is 0 Å². The van der Waals surface area contributed by atoms with Crippen LogP contribution in [-0.4, -0.2) is 19.3 Å². The van der Waals surface area contributed by atoms with Gasteiger partial charge in [0.15, 0.2) is 0 Å². The topological polar surface area (TPSA) is 21.3 Å². The Kier molecular flexibility index (Phi) is 5.14. The molecule has 1 aromatic carbocycles. The quantitative estimate of drug-likeness (QED) is 0.700. The summed E-state index contributed by atoms with van der Waals surface area (Å²) in [5, 5.41) is 4.38. The van der Waals surface area contributed by atoms with Crippen LogP contribution in [0, 0.1) is 9.49 Å². The molecule has 0 amide bonds. The van der Waals surface area contributed by atoms with Crippen LogP contribution in [0.15, 0.2) is 18.2 Å². The normalized spacial score (nSPS) is 26.1. The van der Waals surface area contributed by atoms with Crippen molar-refractivity contribution in [1.82, 2.24) is 5.32 Å². The van der Waals surface area contributed by atoms with Gasteiger partial charge in [-0.1, -0.05) is 30.5 Å². The van der Waals surface area contributed by atoms with Crippen LogP contribution in [0.3, 0.4) is 0 Å². The van der Waals surface area contributed by atoms with E-state index in [9.17, 15) is 0 Å². The van der Waals surface area contributed by atoms with E-state index in [2.05, 4.69) is 53.2 Å². The van der Waals surface area contributed by atoms with Crippen LogP contribution in [0.5, 0.6) is 0 Å². The van der Waals surface area contributed by atoms with Gasteiger partial charge in [0.1, 0.15) is 0 Å². The molecular weight excluding hydrogens is 397 g/mol. The predicted octanol–water partition coefficient (Wildman–Crippen LogP) is 4.94. The van der Waals surface area contributed by atoms with Crippen molar-refractivity contribution in [1.29, 1.82) is 0 Å². The van der Waals surface area contributed by atoms with Crippen LogP contribution in [0.25, 0.3) is 0 Å². The number of hydrogen-bond acceptors (Lipinski definition) is 2. The van der Waals surface area contributed by atoms with E-state index in [1.54, 1.807) is 0 Å². The van der Waals surface area contributed by atoms with Gasteiger partial charge in [0.25, 0.3) is 0 Å². The summed E-state index contributed by atoms with van der Waals surface area (Å²) >= 11 is 8.60. The minimum Gasteiger partial charge on any atom is -0.375 e. The second kappa shape index (κ2) is 6.73. The number of ether oxygens (including phenoxy) is 1. The van der Waals surface area contributed by atoms with Crippen molar-refractivity contribution in [3.63, 3.8) is 0 Å². The summed E-state index contributed by atoms with van der Waals surface area (Å²) < 4.78 is 7.29. The molecule has 3 rings (SSSR count). The van der Waals surface area contributed by atoms with E-state index in [0.29, 0.717) is 12.0 Å². The van der Waals surface area contributed by atoms with E-state index in [0.717, 1.165) is 21.6 Å². The van der Waals surface area contributed by atoms with Crippen molar-refractivity contribution in [2.75, 3.05) is 13.7 Å². The van der Waals surface area contributed by atoms with E-state index >= 15 is 0 Å². The minimum absolute atomic E-state index is 0.172. The lowest BCUT2D eigenvalue weighted by Gasteiger charge is -2.41. The zero-order valence-corrected chi connectivity index (χ0v) is 15.4. The highest BCUT2D eigenvalue weighted by Crippen LogP contribution is 2.45. The van der Waals surface area contributed by atoms with Crippen molar-refractivity contribution < 1.29 is 4.74 Å². The van der Waals surface area contributed by atoms with E-state index in [1.165, 1.54) is 37.7 Å². The first-order valence-electron chi connectivity index (χ1n) is 7.90. The second-order valence-electron chi connectivity index (χ2n) is 6.43. The molecule has 21 heavy (non-hydrogen) atoms. The molecule has 2 unspecified atom stereocenters. The molecule has 2 nitrogen and oxygen atoms in total. The predicted molar refractivity (Wildman–Crippen MR) is 95.8 cm³/mol. The molecule has 1 saturated heterocycles. The summed E-state index contributed by atoms with van der Waals surface area (Å²) in [4.78, 5) is 0. The van der Waals surface area contributed by atoms with Gasteiger partial charge in [-0.05, 0) is 78.9 Å². The van der Waals surface area contributed by atoms with Crippen LogP contribution in [0.2, 0.25) is 5.02 Å². The van der Waals surface area contributed by atoms with Crippen molar-refractivity contribution in [2.45, 2.75) is 50.2 Å². The maximum Gasteiger partial charge on any atom is 0.0686 e. The van der Waals surface area contributed by atoms with Crippen LogP contribution in [0.1, 0.15) is 50.1 Å². The standard InChI is InChI=1S/C17H23ClINO/c1-20-16(12-4-5-15(19)14(18)10-12)13-6-9-21-17(11-13)7-2-3-8-17/h4-5,10,13,16,20H,2-3,6-9,11H2,1H3. The van der Waals surface area contributed by atoms with Gasteiger partial charge in [0.05, 0.1) is 10.6 Å². The first-order valence-corrected chi connectivity index (χ1v) is 9.35. The molecule has 0 radical (unpaired) electrons. The van der Waals surface area contributed by atoms with Gasteiger partial charge in [-0.25, -0.2) is 0 Å². The SMILES string of the molecule is CNC(c1ccc(I)c(Cl)c1)C1CCOC2(CCCC2)C1. The molecule has 1 aliphatic heterocycles. The molecule has 1 saturated carbocycles. The Hall–Kier alpha value is 0.160. The lowest BCUT2D eigenvalue weighted by molar-refractivity contribution is -0.0978. The number of rotatable bonds is 3. The smallest absolute Gasteiger partial charge is 0.0686 e. The molecule has 2 fully saturated rings. The van der Waals surface area contributed by atoms with Gasteiger partial charge in [-0.15, -0.1) is 0 Å². The van der Waals surface area contributed by atoms with Gasteiger partial charge >= 0.3 is 0 Å². The van der Waals surface area contributed by atoms with E-state index in [4.69, 9.17) is 16.3 Å². The molecule has 2 aliphatic rings. The molecule has 1 aromatic rings. The fourth-order valence-electron chi connectivity index (χ4n) is 4.10. The van der Waals surface area contributed by atoms with Crippen LogP contribution >= 0.6 is 34.2 Å². The average Bonchev–Trinajstić information content (AvgIpc) is 2.91. The first kappa shape index (κ1) is 16.0. The minimum atomic E-state index is 0.172. The first-order chi connectivity index (χ1) is 10.1. The largest absolute Gasteiger partial charge is 0.375 e. The molecule has 4 heteroatoms. The Balaban J connectivity index is 1.80. The maximum absolute atomic E-state index is 6.31. The molecule has 1 spiro atoms. The molecule has 1 N–H and O–H groups in total. The lowest BCUT2D eigenvalue weighted by atomic mass is 9.78. The number of hydrogen-bond donors (Lipinski definition) is 1. The third-order valence-corrected chi connectivity index (χ3v) is 6.70. The van der Waals surface area contributed by atoms with Crippen LogP contribution < -0.4 is 5.32 Å². The summed E-state index contributed by atoms with van der Waals surface area (Å²) in [6.07, 6.45) is 7.46. The molecule has 0 bridgehead atoms. The average molecular weight is 420 g/mol. The van der Waals surface area contributed by atoms with Crippen LogP contribution in [-0.2, 0) is 4.74 Å².